The Bertz CT molecular complexity index is 628. The number of carbonyl (C=O) groups is 1. The third-order valence-corrected chi connectivity index (χ3v) is 4.67. The predicted octanol–water partition coefficient (Wildman–Crippen LogP) is 2.50. The van der Waals surface area contributed by atoms with Crippen molar-refractivity contribution in [1.29, 1.82) is 0 Å². The smallest absolute Gasteiger partial charge is 0.223 e. The third kappa shape index (κ3) is 3.63. The number of nitrogens with zero attached hydrogens (tertiary/aromatic N) is 4. The van der Waals surface area contributed by atoms with Gasteiger partial charge in [-0.1, -0.05) is 5.16 Å². The van der Waals surface area contributed by atoms with E-state index in [-0.39, 0.29) is 11.9 Å². The van der Waals surface area contributed by atoms with Gasteiger partial charge in [-0.15, -0.1) is 0 Å². The van der Waals surface area contributed by atoms with Crippen LogP contribution in [0.25, 0.3) is 0 Å². The minimum Gasteiger partial charge on any atom is -0.361 e. The summed E-state index contributed by atoms with van der Waals surface area (Å²) in [6, 6.07) is 2.17. The molecule has 6 nitrogen and oxygen atoms in total. The number of carbonyl (C=O) groups excluding carboxylic acids is 1. The number of aryl methyl sites for hydroxylation is 2. The molecule has 0 saturated carbocycles. The lowest BCUT2D eigenvalue weighted by Gasteiger charge is -2.36. The van der Waals surface area contributed by atoms with Crippen molar-refractivity contribution in [3.05, 3.63) is 35.5 Å². The number of hydrogen-bond donors (Lipinski definition) is 0. The van der Waals surface area contributed by atoms with Crippen molar-refractivity contribution in [1.82, 2.24) is 19.8 Å². The summed E-state index contributed by atoms with van der Waals surface area (Å²) < 4.78 is 7.10. The third-order valence-electron chi connectivity index (χ3n) is 4.67. The second-order valence-electron chi connectivity index (χ2n) is 6.27. The molecule has 1 atom stereocenters. The Morgan fingerprint density at radius 1 is 1.39 bits per heavy atom. The maximum atomic E-state index is 12.7. The first-order valence-corrected chi connectivity index (χ1v) is 8.34. The zero-order valence-corrected chi connectivity index (χ0v) is 13.9. The zero-order valence-electron chi connectivity index (χ0n) is 13.9. The van der Waals surface area contributed by atoms with Crippen molar-refractivity contribution in [3.8, 4) is 0 Å². The van der Waals surface area contributed by atoms with E-state index in [1.54, 1.807) is 6.20 Å². The van der Waals surface area contributed by atoms with Crippen molar-refractivity contribution in [2.24, 2.45) is 0 Å². The number of hydrogen-bond acceptors (Lipinski definition) is 4. The minimum absolute atomic E-state index is 0.224. The van der Waals surface area contributed by atoms with Crippen molar-refractivity contribution in [2.45, 2.75) is 58.5 Å². The molecule has 1 amide bonds. The number of rotatable bonds is 5. The monoisotopic (exact) mass is 316 g/mol. The molecule has 0 bridgehead atoms. The Hall–Kier alpha value is -2.11. The number of piperidine rings is 1. The summed E-state index contributed by atoms with van der Waals surface area (Å²) in [5.41, 5.74) is 1.96. The van der Waals surface area contributed by atoms with Crippen LogP contribution in [0.15, 0.2) is 23.0 Å². The molecule has 2 aromatic heterocycles. The Labute approximate surface area is 136 Å². The SMILES string of the molecule is Cc1noc(C)c1CCC(=O)N1CCCCC1Cn1cccn1. The van der Waals surface area contributed by atoms with E-state index in [2.05, 4.69) is 10.3 Å². The Morgan fingerprint density at radius 3 is 2.96 bits per heavy atom. The van der Waals surface area contributed by atoms with Crippen LogP contribution in [0.5, 0.6) is 0 Å². The average Bonchev–Trinajstić information content (AvgIpc) is 3.16. The highest BCUT2D eigenvalue weighted by Crippen LogP contribution is 2.21. The van der Waals surface area contributed by atoms with Gasteiger partial charge < -0.3 is 9.42 Å². The van der Waals surface area contributed by atoms with Crippen molar-refractivity contribution in [2.75, 3.05) is 6.54 Å². The van der Waals surface area contributed by atoms with Gasteiger partial charge in [-0.05, 0) is 45.6 Å². The highest BCUT2D eigenvalue weighted by molar-refractivity contribution is 5.77. The van der Waals surface area contributed by atoms with E-state index in [0.717, 1.165) is 42.9 Å². The van der Waals surface area contributed by atoms with Crippen LogP contribution in [-0.4, -0.2) is 38.3 Å². The molecule has 0 aliphatic carbocycles. The molecular weight excluding hydrogens is 292 g/mol. The molecule has 3 heterocycles. The molecule has 1 aliphatic heterocycles. The highest BCUT2D eigenvalue weighted by atomic mass is 16.5. The van der Waals surface area contributed by atoms with Crippen LogP contribution in [0.4, 0.5) is 0 Å². The van der Waals surface area contributed by atoms with Crippen LogP contribution in [0.1, 0.15) is 42.7 Å². The van der Waals surface area contributed by atoms with Gasteiger partial charge in [0.15, 0.2) is 0 Å². The van der Waals surface area contributed by atoms with Gasteiger partial charge in [-0.25, -0.2) is 0 Å². The lowest BCUT2D eigenvalue weighted by molar-refractivity contribution is -0.135. The molecule has 1 saturated heterocycles. The van der Waals surface area contributed by atoms with Crippen molar-refractivity contribution < 1.29 is 9.32 Å². The fourth-order valence-electron chi connectivity index (χ4n) is 3.38. The Kier molecular flexibility index (Phi) is 4.79. The van der Waals surface area contributed by atoms with Gasteiger partial charge >= 0.3 is 0 Å². The summed E-state index contributed by atoms with van der Waals surface area (Å²) in [5.74, 6) is 1.05. The van der Waals surface area contributed by atoms with E-state index in [9.17, 15) is 4.79 Å². The van der Waals surface area contributed by atoms with Crippen molar-refractivity contribution in [3.63, 3.8) is 0 Å². The van der Waals surface area contributed by atoms with Crippen LogP contribution in [0.2, 0.25) is 0 Å². The maximum Gasteiger partial charge on any atom is 0.223 e. The summed E-state index contributed by atoms with van der Waals surface area (Å²) >= 11 is 0. The normalized spacial score (nSPS) is 18.3. The fourth-order valence-corrected chi connectivity index (χ4v) is 3.38. The molecule has 3 rings (SSSR count). The van der Waals surface area contributed by atoms with Gasteiger partial charge in [0.2, 0.25) is 5.91 Å². The van der Waals surface area contributed by atoms with Crippen LogP contribution < -0.4 is 0 Å². The van der Waals surface area contributed by atoms with Crippen LogP contribution in [0.3, 0.4) is 0 Å². The molecule has 1 aliphatic rings. The molecule has 0 N–H and O–H groups in total. The molecule has 1 unspecified atom stereocenters. The quantitative estimate of drug-likeness (QED) is 0.850. The van der Waals surface area contributed by atoms with E-state index < -0.39 is 0 Å². The second-order valence-corrected chi connectivity index (χ2v) is 6.27. The van der Waals surface area contributed by atoms with E-state index >= 15 is 0 Å². The highest BCUT2D eigenvalue weighted by Gasteiger charge is 2.27. The fraction of sp³-hybridized carbons (Fsp3) is 0.588. The van der Waals surface area contributed by atoms with Crippen LogP contribution in [-0.2, 0) is 17.8 Å². The lowest BCUT2D eigenvalue weighted by atomic mass is 10.0. The summed E-state index contributed by atoms with van der Waals surface area (Å²) in [5, 5.41) is 8.23. The number of amides is 1. The largest absolute Gasteiger partial charge is 0.361 e. The Balaban J connectivity index is 1.62. The molecule has 0 aromatic carbocycles. The zero-order chi connectivity index (χ0) is 16.2. The molecule has 23 heavy (non-hydrogen) atoms. The summed E-state index contributed by atoms with van der Waals surface area (Å²) in [4.78, 5) is 14.7. The van der Waals surface area contributed by atoms with Gasteiger partial charge in [-0.3, -0.25) is 9.48 Å². The van der Waals surface area contributed by atoms with Gasteiger partial charge in [0, 0.05) is 30.9 Å². The maximum absolute atomic E-state index is 12.7. The summed E-state index contributed by atoms with van der Waals surface area (Å²) in [7, 11) is 0. The van der Waals surface area contributed by atoms with Crippen LogP contribution >= 0.6 is 0 Å². The van der Waals surface area contributed by atoms with Gasteiger partial charge in [0.05, 0.1) is 18.3 Å². The van der Waals surface area contributed by atoms with E-state index in [1.807, 2.05) is 35.7 Å². The number of likely N-dealkylation sites (tertiary alicyclic amines) is 1. The average molecular weight is 316 g/mol. The van der Waals surface area contributed by atoms with E-state index in [1.165, 1.54) is 6.42 Å². The predicted molar refractivity (Wildman–Crippen MR) is 85.9 cm³/mol. The molecular formula is C17H24N4O2. The van der Waals surface area contributed by atoms with Crippen LogP contribution in [0, 0.1) is 13.8 Å². The molecule has 6 heteroatoms. The summed E-state index contributed by atoms with van der Waals surface area (Å²) in [6.07, 6.45) is 8.28. The molecule has 124 valence electrons. The van der Waals surface area contributed by atoms with Gasteiger partial charge in [0.1, 0.15) is 5.76 Å². The minimum atomic E-state index is 0.224. The van der Waals surface area contributed by atoms with Crippen molar-refractivity contribution >= 4 is 5.91 Å². The molecule has 0 spiro atoms. The molecule has 2 aromatic rings. The first kappa shape index (κ1) is 15.8. The van der Waals surface area contributed by atoms with E-state index in [4.69, 9.17) is 4.52 Å². The topological polar surface area (TPSA) is 64.2 Å². The first-order chi connectivity index (χ1) is 11.1. The second kappa shape index (κ2) is 6.98. The number of aromatic nitrogens is 3. The van der Waals surface area contributed by atoms with Gasteiger partial charge in [-0.2, -0.15) is 5.10 Å². The summed E-state index contributed by atoms with van der Waals surface area (Å²) in [6.45, 7) is 5.47. The standard InChI is InChI=1S/C17H24N4O2/c1-13-16(14(2)23-19-13)7-8-17(22)21-11-4-3-6-15(21)12-20-10-5-9-18-20/h5,9-10,15H,3-4,6-8,11-12H2,1-2H3. The van der Waals surface area contributed by atoms with E-state index in [0.29, 0.717) is 12.8 Å². The molecule has 1 fully saturated rings. The lowest BCUT2D eigenvalue weighted by Crippen LogP contribution is -2.46. The Morgan fingerprint density at radius 2 is 2.26 bits per heavy atom. The first-order valence-electron chi connectivity index (χ1n) is 8.34. The van der Waals surface area contributed by atoms with Gasteiger partial charge in [0.25, 0.3) is 0 Å². The molecule has 0 radical (unpaired) electrons.